The first-order valence-corrected chi connectivity index (χ1v) is 12.3. The van der Waals surface area contributed by atoms with Crippen molar-refractivity contribution in [3.8, 4) is 0 Å². The highest BCUT2D eigenvalue weighted by Crippen LogP contribution is 2.29. The monoisotopic (exact) mass is 498 g/mol. The van der Waals surface area contributed by atoms with Crippen molar-refractivity contribution in [2.75, 3.05) is 11.2 Å². The molecule has 0 aliphatic carbocycles. The van der Waals surface area contributed by atoms with Crippen LogP contribution in [0.4, 0.5) is 15.3 Å². The summed E-state index contributed by atoms with van der Waals surface area (Å²) in [5, 5.41) is 0.770. The molecule has 0 radical (unpaired) electrons. The molecule has 0 spiro atoms. The van der Waals surface area contributed by atoms with Gasteiger partial charge in [0.15, 0.2) is 5.16 Å². The summed E-state index contributed by atoms with van der Waals surface area (Å²) in [6, 6.07) is 10.7. The first-order valence-electron chi connectivity index (χ1n) is 11.0. The van der Waals surface area contributed by atoms with E-state index in [-0.39, 0.29) is 17.9 Å². The second kappa shape index (κ2) is 10.1. The van der Waals surface area contributed by atoms with Gasteiger partial charge in [0.2, 0.25) is 0 Å². The third-order valence-corrected chi connectivity index (χ3v) is 5.13. The number of carbonyl (C=O) groups is 2. The average molecular weight is 499 g/mol. The Kier molecular flexibility index (Phi) is 7.54. The molecular formula is C25H30N4O5S. The van der Waals surface area contributed by atoms with E-state index in [0.29, 0.717) is 10.5 Å². The Morgan fingerprint density at radius 3 is 2.09 bits per heavy atom. The maximum atomic E-state index is 13.3. The molecule has 186 valence electrons. The highest BCUT2D eigenvalue weighted by Gasteiger charge is 2.34. The molecule has 2 amide bonds. The number of amides is 2. The lowest BCUT2D eigenvalue weighted by atomic mass is 10.2. The molecule has 2 aromatic heterocycles. The standard InChI is InChI=1S/C25H30N4O5S/c1-24(2,3)33-22(31)29(23(32)34-25(4,5)6)18-13-19(30)28(15-16-11-9-8-10-12-16)20-17(18)14-26-21(27-20)35-7/h8-14H,15H2,1-7H3. The third-order valence-electron chi connectivity index (χ3n) is 4.56. The fourth-order valence-corrected chi connectivity index (χ4v) is 3.55. The first-order chi connectivity index (χ1) is 16.3. The van der Waals surface area contributed by atoms with Crippen molar-refractivity contribution in [3.05, 3.63) is 58.5 Å². The smallest absolute Gasteiger partial charge is 0.424 e. The fraction of sp³-hybridized carbons (Fsp3) is 0.400. The van der Waals surface area contributed by atoms with E-state index in [1.807, 2.05) is 36.6 Å². The molecule has 35 heavy (non-hydrogen) atoms. The number of aromatic nitrogens is 3. The molecule has 0 N–H and O–H groups in total. The minimum Gasteiger partial charge on any atom is -0.443 e. The summed E-state index contributed by atoms with van der Waals surface area (Å²) in [6.45, 7) is 10.3. The van der Waals surface area contributed by atoms with Crippen molar-refractivity contribution in [1.82, 2.24) is 14.5 Å². The van der Waals surface area contributed by atoms with Crippen LogP contribution >= 0.6 is 11.8 Å². The topological polar surface area (TPSA) is 104 Å². The van der Waals surface area contributed by atoms with Gasteiger partial charge in [-0.3, -0.25) is 9.36 Å². The van der Waals surface area contributed by atoms with E-state index in [0.717, 1.165) is 10.5 Å². The third kappa shape index (κ3) is 6.60. The molecule has 0 saturated heterocycles. The molecule has 3 rings (SSSR count). The first kappa shape index (κ1) is 26.2. The summed E-state index contributed by atoms with van der Waals surface area (Å²) >= 11 is 1.31. The van der Waals surface area contributed by atoms with E-state index in [2.05, 4.69) is 9.97 Å². The lowest BCUT2D eigenvalue weighted by Gasteiger charge is -2.29. The van der Waals surface area contributed by atoms with Crippen LogP contribution in [0.2, 0.25) is 0 Å². The van der Waals surface area contributed by atoms with E-state index in [1.165, 1.54) is 28.6 Å². The summed E-state index contributed by atoms with van der Waals surface area (Å²) < 4.78 is 12.4. The van der Waals surface area contributed by atoms with Gasteiger partial charge in [0.05, 0.1) is 17.6 Å². The van der Waals surface area contributed by atoms with E-state index < -0.39 is 28.9 Å². The number of benzene rings is 1. The van der Waals surface area contributed by atoms with Gasteiger partial charge in [0, 0.05) is 12.3 Å². The van der Waals surface area contributed by atoms with Gasteiger partial charge in [-0.15, -0.1) is 0 Å². The Labute approximate surface area is 208 Å². The normalized spacial score (nSPS) is 11.9. The van der Waals surface area contributed by atoms with Crippen molar-refractivity contribution in [2.45, 2.75) is 64.4 Å². The number of rotatable bonds is 4. The fourth-order valence-electron chi connectivity index (χ4n) is 3.21. The number of hydrogen-bond acceptors (Lipinski definition) is 8. The summed E-state index contributed by atoms with van der Waals surface area (Å²) in [5.41, 5.74) is -1.06. The van der Waals surface area contributed by atoms with Crippen LogP contribution in [0.5, 0.6) is 0 Å². The SMILES string of the molecule is CSc1ncc2c(N(C(=O)OC(C)(C)C)C(=O)OC(C)(C)C)cc(=O)n(Cc3ccccc3)c2n1. The zero-order valence-electron chi connectivity index (χ0n) is 21.0. The molecule has 10 heteroatoms. The molecule has 0 atom stereocenters. The van der Waals surface area contributed by atoms with Gasteiger partial charge in [-0.05, 0) is 53.4 Å². The van der Waals surface area contributed by atoms with Crippen LogP contribution in [0.25, 0.3) is 11.0 Å². The van der Waals surface area contributed by atoms with Gasteiger partial charge < -0.3 is 9.47 Å². The van der Waals surface area contributed by atoms with Crippen molar-refractivity contribution >= 4 is 40.7 Å². The molecule has 0 bridgehead atoms. The van der Waals surface area contributed by atoms with E-state index in [9.17, 15) is 14.4 Å². The summed E-state index contributed by atoms with van der Waals surface area (Å²) in [6.07, 6.45) is 1.37. The molecule has 0 aliphatic heterocycles. The zero-order chi connectivity index (χ0) is 26.0. The molecular weight excluding hydrogens is 468 g/mol. The largest absolute Gasteiger partial charge is 0.443 e. The minimum absolute atomic E-state index is 0.00883. The van der Waals surface area contributed by atoms with Crippen LogP contribution in [0.3, 0.4) is 0 Å². The molecule has 1 aromatic carbocycles. The maximum absolute atomic E-state index is 13.3. The Morgan fingerprint density at radius 1 is 1.00 bits per heavy atom. The highest BCUT2D eigenvalue weighted by atomic mass is 32.2. The van der Waals surface area contributed by atoms with Crippen LogP contribution in [0.1, 0.15) is 47.1 Å². The van der Waals surface area contributed by atoms with Crippen LogP contribution in [0.15, 0.2) is 52.5 Å². The number of pyridine rings is 1. The van der Waals surface area contributed by atoms with Gasteiger partial charge >= 0.3 is 12.2 Å². The predicted molar refractivity (Wildman–Crippen MR) is 136 cm³/mol. The number of nitrogens with zero attached hydrogens (tertiary/aromatic N) is 4. The Balaban J connectivity index is 2.25. The number of carbonyl (C=O) groups excluding carboxylic acids is 2. The molecule has 2 heterocycles. The Morgan fingerprint density at radius 2 is 1.57 bits per heavy atom. The lowest BCUT2D eigenvalue weighted by Crippen LogP contribution is -2.44. The minimum atomic E-state index is -0.970. The summed E-state index contributed by atoms with van der Waals surface area (Å²) in [7, 11) is 0. The molecule has 9 nitrogen and oxygen atoms in total. The molecule has 0 aliphatic rings. The maximum Gasteiger partial charge on any atom is 0.424 e. The number of anilines is 1. The molecule has 0 unspecified atom stereocenters. The second-order valence-corrected chi connectivity index (χ2v) is 10.6. The van der Waals surface area contributed by atoms with Gasteiger partial charge in [-0.1, -0.05) is 42.1 Å². The van der Waals surface area contributed by atoms with Crippen molar-refractivity contribution in [2.24, 2.45) is 0 Å². The molecule has 0 fully saturated rings. The number of fused-ring (bicyclic) bond motifs is 1. The number of imide groups is 1. The zero-order valence-corrected chi connectivity index (χ0v) is 21.8. The summed E-state index contributed by atoms with van der Waals surface area (Å²) in [5.74, 6) is 0. The molecule has 0 saturated carbocycles. The Bertz CT molecular complexity index is 1270. The highest BCUT2D eigenvalue weighted by molar-refractivity contribution is 7.98. The van der Waals surface area contributed by atoms with E-state index in [1.54, 1.807) is 41.5 Å². The number of ether oxygens (including phenoxy) is 2. The van der Waals surface area contributed by atoms with Gasteiger partial charge in [-0.2, -0.15) is 4.90 Å². The van der Waals surface area contributed by atoms with Crippen molar-refractivity contribution < 1.29 is 19.1 Å². The van der Waals surface area contributed by atoms with Crippen molar-refractivity contribution in [1.29, 1.82) is 0 Å². The summed E-state index contributed by atoms with van der Waals surface area (Å²) in [4.78, 5) is 49.3. The number of hydrogen-bond donors (Lipinski definition) is 0. The van der Waals surface area contributed by atoms with Gasteiger partial charge in [0.25, 0.3) is 5.56 Å². The van der Waals surface area contributed by atoms with Crippen molar-refractivity contribution in [3.63, 3.8) is 0 Å². The Hall–Kier alpha value is -3.40. The van der Waals surface area contributed by atoms with Crippen LogP contribution in [-0.4, -0.2) is 44.2 Å². The average Bonchev–Trinajstić information content (AvgIpc) is 2.74. The number of thioether (sulfide) groups is 1. The van der Waals surface area contributed by atoms with Gasteiger partial charge in [0.1, 0.15) is 16.8 Å². The second-order valence-electron chi connectivity index (χ2n) is 9.83. The van der Waals surface area contributed by atoms with Crippen LogP contribution in [0, 0.1) is 0 Å². The lowest BCUT2D eigenvalue weighted by molar-refractivity contribution is 0.0431. The quantitative estimate of drug-likeness (QED) is 0.355. The molecule has 3 aromatic rings. The predicted octanol–water partition coefficient (Wildman–Crippen LogP) is 5.24. The van der Waals surface area contributed by atoms with E-state index in [4.69, 9.17) is 9.47 Å². The van der Waals surface area contributed by atoms with Crippen LogP contribution in [-0.2, 0) is 16.0 Å². The van der Waals surface area contributed by atoms with Gasteiger partial charge in [-0.25, -0.2) is 19.6 Å². The van der Waals surface area contributed by atoms with Crippen LogP contribution < -0.4 is 10.5 Å². The van der Waals surface area contributed by atoms with E-state index >= 15 is 0 Å².